The molecule has 0 fully saturated rings. The van der Waals surface area contributed by atoms with Gasteiger partial charge in [-0.15, -0.1) is 0 Å². The number of aromatic nitrogens is 1. The van der Waals surface area contributed by atoms with E-state index >= 15 is 0 Å². The number of aryl methyl sites for hydroxylation is 1. The van der Waals surface area contributed by atoms with E-state index in [0.717, 1.165) is 21.4 Å². The third-order valence-corrected chi connectivity index (χ3v) is 2.92. The first-order valence-electron chi connectivity index (χ1n) is 5.12. The minimum Gasteiger partial charge on any atom is -0.254 e. The zero-order valence-corrected chi connectivity index (χ0v) is 10.6. The highest BCUT2D eigenvalue weighted by Crippen LogP contribution is 2.23. The first-order valence-corrected chi connectivity index (χ1v) is 5.91. The van der Waals surface area contributed by atoms with Crippen LogP contribution in [0.1, 0.15) is 17.0 Å². The van der Waals surface area contributed by atoms with Crippen LogP contribution in [-0.2, 0) is 0 Å². The van der Waals surface area contributed by atoms with Gasteiger partial charge in [0.1, 0.15) is 0 Å². The summed E-state index contributed by atoms with van der Waals surface area (Å²) in [5.74, 6) is 0. The number of rotatable bonds is 2. The number of pyridine rings is 1. The van der Waals surface area contributed by atoms with E-state index < -0.39 is 0 Å². The molecular weight excluding hydrogens is 262 g/mol. The predicted octanol–water partition coefficient (Wildman–Crippen LogP) is 4.28. The van der Waals surface area contributed by atoms with Crippen LogP contribution in [0.5, 0.6) is 0 Å². The van der Waals surface area contributed by atoms with Gasteiger partial charge < -0.3 is 0 Å². The van der Waals surface area contributed by atoms with Crippen LogP contribution in [0, 0.1) is 6.92 Å². The fraction of sp³-hybridized carbons (Fsp3) is 0.0714. The molecule has 0 saturated carbocycles. The van der Waals surface area contributed by atoms with Gasteiger partial charge in [0.2, 0.25) is 0 Å². The van der Waals surface area contributed by atoms with E-state index in [1.54, 1.807) is 0 Å². The Balaban J connectivity index is 2.32. The highest BCUT2D eigenvalue weighted by Gasteiger charge is 1.97. The van der Waals surface area contributed by atoms with Crippen molar-refractivity contribution in [2.24, 2.45) is 0 Å². The van der Waals surface area contributed by atoms with Gasteiger partial charge in [-0.2, -0.15) is 0 Å². The standard InChI is InChI=1S/C14H12BrN/c1-11-6-5-9-13(16-11)10-14(15)12-7-3-2-4-8-12/h2-10H,1H3/b14-10-. The van der Waals surface area contributed by atoms with Crippen molar-refractivity contribution in [2.75, 3.05) is 0 Å². The summed E-state index contributed by atoms with van der Waals surface area (Å²) in [6, 6.07) is 16.2. The summed E-state index contributed by atoms with van der Waals surface area (Å²) < 4.78 is 1.05. The maximum atomic E-state index is 4.43. The molecule has 2 heteroatoms. The van der Waals surface area contributed by atoms with Crippen LogP contribution in [0.25, 0.3) is 10.6 Å². The van der Waals surface area contributed by atoms with Crippen molar-refractivity contribution in [1.82, 2.24) is 4.98 Å². The third kappa shape index (κ3) is 2.80. The second-order valence-corrected chi connectivity index (χ2v) is 4.42. The van der Waals surface area contributed by atoms with Crippen molar-refractivity contribution in [3.8, 4) is 0 Å². The number of hydrogen-bond acceptors (Lipinski definition) is 1. The van der Waals surface area contributed by atoms with E-state index in [0.29, 0.717) is 0 Å². The van der Waals surface area contributed by atoms with Crippen LogP contribution < -0.4 is 0 Å². The first-order chi connectivity index (χ1) is 7.75. The van der Waals surface area contributed by atoms with Gasteiger partial charge in [-0.1, -0.05) is 52.3 Å². The first kappa shape index (κ1) is 11.1. The molecule has 0 aliphatic rings. The highest BCUT2D eigenvalue weighted by molar-refractivity contribution is 9.15. The van der Waals surface area contributed by atoms with Crippen molar-refractivity contribution in [1.29, 1.82) is 0 Å². The van der Waals surface area contributed by atoms with Gasteiger partial charge in [0.15, 0.2) is 0 Å². The van der Waals surface area contributed by atoms with Crippen molar-refractivity contribution in [2.45, 2.75) is 6.92 Å². The Morgan fingerprint density at radius 1 is 1.06 bits per heavy atom. The molecule has 0 radical (unpaired) electrons. The zero-order valence-electron chi connectivity index (χ0n) is 9.02. The van der Waals surface area contributed by atoms with Gasteiger partial charge in [0, 0.05) is 10.2 Å². The molecule has 1 aromatic carbocycles. The molecule has 0 amide bonds. The second-order valence-electron chi connectivity index (χ2n) is 3.56. The van der Waals surface area contributed by atoms with Crippen LogP contribution in [0.3, 0.4) is 0 Å². The van der Waals surface area contributed by atoms with Crippen molar-refractivity contribution in [3.05, 3.63) is 65.5 Å². The van der Waals surface area contributed by atoms with Crippen LogP contribution >= 0.6 is 15.9 Å². The molecule has 1 aromatic heterocycles. The lowest BCUT2D eigenvalue weighted by Gasteiger charge is -2.00. The minimum absolute atomic E-state index is 0.968. The van der Waals surface area contributed by atoms with E-state index in [1.807, 2.05) is 49.4 Å². The summed E-state index contributed by atoms with van der Waals surface area (Å²) >= 11 is 3.57. The van der Waals surface area contributed by atoms with Crippen LogP contribution in [0.15, 0.2) is 48.5 Å². The Bertz CT molecular complexity index is 503. The van der Waals surface area contributed by atoms with Crippen molar-refractivity contribution >= 4 is 26.5 Å². The Labute approximate surface area is 104 Å². The minimum atomic E-state index is 0.968. The number of benzene rings is 1. The molecule has 16 heavy (non-hydrogen) atoms. The molecular formula is C14H12BrN. The van der Waals surface area contributed by atoms with Gasteiger partial charge in [0.25, 0.3) is 0 Å². The fourth-order valence-electron chi connectivity index (χ4n) is 1.46. The molecule has 0 saturated heterocycles. The van der Waals surface area contributed by atoms with E-state index in [2.05, 4.69) is 33.0 Å². The Kier molecular flexibility index (Phi) is 3.52. The molecule has 80 valence electrons. The Hall–Kier alpha value is -1.41. The van der Waals surface area contributed by atoms with Gasteiger partial charge in [-0.25, -0.2) is 0 Å². The molecule has 0 unspecified atom stereocenters. The van der Waals surface area contributed by atoms with Gasteiger partial charge in [-0.05, 0) is 30.7 Å². The van der Waals surface area contributed by atoms with Gasteiger partial charge >= 0.3 is 0 Å². The summed E-state index contributed by atoms with van der Waals surface area (Å²) in [6.45, 7) is 1.99. The van der Waals surface area contributed by atoms with E-state index in [9.17, 15) is 0 Å². The number of hydrogen-bond donors (Lipinski definition) is 0. The molecule has 0 aliphatic heterocycles. The van der Waals surface area contributed by atoms with Gasteiger partial charge in [0.05, 0.1) is 5.69 Å². The molecule has 0 bridgehead atoms. The van der Waals surface area contributed by atoms with Gasteiger partial charge in [-0.3, -0.25) is 4.98 Å². The summed E-state index contributed by atoms with van der Waals surface area (Å²) in [5, 5.41) is 0. The van der Waals surface area contributed by atoms with Crippen LogP contribution in [-0.4, -0.2) is 4.98 Å². The van der Waals surface area contributed by atoms with E-state index in [1.165, 1.54) is 0 Å². The lowest BCUT2D eigenvalue weighted by atomic mass is 10.2. The number of halogens is 1. The number of nitrogens with zero attached hydrogens (tertiary/aromatic N) is 1. The van der Waals surface area contributed by atoms with Crippen LogP contribution in [0.2, 0.25) is 0 Å². The Morgan fingerprint density at radius 2 is 1.81 bits per heavy atom. The lowest BCUT2D eigenvalue weighted by Crippen LogP contribution is -1.84. The summed E-state index contributed by atoms with van der Waals surface area (Å²) in [4.78, 5) is 4.43. The molecule has 1 nitrogen and oxygen atoms in total. The predicted molar refractivity (Wildman–Crippen MR) is 72.2 cm³/mol. The second kappa shape index (κ2) is 5.08. The molecule has 0 atom stereocenters. The van der Waals surface area contributed by atoms with Crippen molar-refractivity contribution in [3.63, 3.8) is 0 Å². The zero-order chi connectivity index (χ0) is 11.4. The topological polar surface area (TPSA) is 12.9 Å². The molecule has 0 N–H and O–H groups in total. The maximum Gasteiger partial charge on any atom is 0.0644 e. The fourth-order valence-corrected chi connectivity index (χ4v) is 1.95. The largest absolute Gasteiger partial charge is 0.254 e. The van der Waals surface area contributed by atoms with Crippen LogP contribution in [0.4, 0.5) is 0 Å². The molecule has 2 rings (SSSR count). The normalized spacial score (nSPS) is 11.5. The average Bonchev–Trinajstić information content (AvgIpc) is 2.30. The monoisotopic (exact) mass is 273 g/mol. The van der Waals surface area contributed by atoms with E-state index in [4.69, 9.17) is 0 Å². The quantitative estimate of drug-likeness (QED) is 0.796. The maximum absolute atomic E-state index is 4.43. The smallest absolute Gasteiger partial charge is 0.0644 e. The average molecular weight is 274 g/mol. The Morgan fingerprint density at radius 3 is 2.50 bits per heavy atom. The molecule has 1 heterocycles. The lowest BCUT2D eigenvalue weighted by molar-refractivity contribution is 1.18. The highest BCUT2D eigenvalue weighted by atomic mass is 79.9. The summed E-state index contributed by atoms with van der Waals surface area (Å²) in [6.07, 6.45) is 2.03. The van der Waals surface area contributed by atoms with E-state index in [-0.39, 0.29) is 0 Å². The SMILES string of the molecule is Cc1cccc(/C=C(\Br)c2ccccc2)n1. The molecule has 0 spiro atoms. The summed E-state index contributed by atoms with van der Waals surface area (Å²) in [5.41, 5.74) is 3.16. The molecule has 2 aromatic rings. The molecule has 0 aliphatic carbocycles. The summed E-state index contributed by atoms with van der Waals surface area (Å²) in [7, 11) is 0. The third-order valence-electron chi connectivity index (χ3n) is 2.23. The van der Waals surface area contributed by atoms with Crippen molar-refractivity contribution < 1.29 is 0 Å².